The number of rotatable bonds is 0. The summed E-state index contributed by atoms with van der Waals surface area (Å²) < 4.78 is 6.45. The summed E-state index contributed by atoms with van der Waals surface area (Å²) >= 11 is 0. The fraction of sp³-hybridized carbons (Fsp3) is 0.538. The summed E-state index contributed by atoms with van der Waals surface area (Å²) in [6.45, 7) is 1.18. The van der Waals surface area contributed by atoms with Crippen molar-refractivity contribution in [1.82, 2.24) is 4.90 Å². The van der Waals surface area contributed by atoms with Crippen LogP contribution in [-0.2, 0) is 6.42 Å². The molecule has 110 valence electrons. The van der Waals surface area contributed by atoms with Crippen LogP contribution < -0.4 is 4.43 Å². The van der Waals surface area contributed by atoms with Gasteiger partial charge < -0.3 is 19.5 Å². The quantitative estimate of drug-likeness (QED) is 0.576. The molecule has 1 aromatic heterocycles. The Kier molecular flexibility index (Phi) is 2.57. The molecule has 0 aliphatic carbocycles. The third-order valence-electron chi connectivity index (χ3n) is 6.15. The van der Waals surface area contributed by atoms with Crippen LogP contribution in [0.2, 0.25) is 6.04 Å². The Bertz CT molecular complexity index is 684. The molecule has 0 amide bonds. The highest BCUT2D eigenvalue weighted by Crippen LogP contribution is 2.42. The molecule has 4 nitrogen and oxygen atoms in total. The zero-order valence-corrected chi connectivity index (χ0v) is 16.1. The number of aliphatic hydroxyl groups excluding tert-OH is 1. The average Bonchev–Trinajstić information content (AvgIpc) is 2.83. The summed E-state index contributed by atoms with van der Waals surface area (Å²) in [6, 6.07) is 5.42. The first kappa shape index (κ1) is 13.1. The zero-order chi connectivity index (χ0) is 14.4. The second-order valence-corrected chi connectivity index (χ2v) is 30.6. The molecule has 0 aromatic carbocycles. The number of nitrogens with zero attached hydrogens (tertiary/aromatic N) is 1. The predicted octanol–water partition coefficient (Wildman–Crippen LogP) is -1.23. The van der Waals surface area contributed by atoms with E-state index in [1.165, 1.54) is 19.0 Å². The van der Waals surface area contributed by atoms with Crippen LogP contribution in [0.3, 0.4) is 0 Å². The van der Waals surface area contributed by atoms with Crippen molar-refractivity contribution in [2.45, 2.75) is 30.0 Å². The molecule has 5 rings (SSSR count). The van der Waals surface area contributed by atoms with E-state index in [0.717, 1.165) is 5.67 Å². The maximum absolute atomic E-state index is 10.6. The molecule has 2 bridgehead atoms. The predicted molar refractivity (Wildman–Crippen MR) is 88.7 cm³/mol. The summed E-state index contributed by atoms with van der Waals surface area (Å²) in [6.07, 6.45) is 2.85. The van der Waals surface area contributed by atoms with Crippen molar-refractivity contribution in [3.05, 3.63) is 29.1 Å². The van der Waals surface area contributed by atoms with Gasteiger partial charge in [-0.05, 0) is 32.1 Å². The molecule has 1 spiro atoms. The second kappa shape index (κ2) is 4.12. The van der Waals surface area contributed by atoms with Gasteiger partial charge in [0.2, 0.25) is 0 Å². The number of aliphatic hydroxyl groups is 1. The molecule has 1 aromatic rings. The van der Waals surface area contributed by atoms with E-state index in [4.69, 9.17) is 4.43 Å². The van der Waals surface area contributed by atoms with Crippen molar-refractivity contribution in [3.63, 3.8) is 0 Å². The van der Waals surface area contributed by atoms with E-state index in [2.05, 4.69) is 23.7 Å². The topological polar surface area (TPSA) is 52.9 Å². The summed E-state index contributed by atoms with van der Waals surface area (Å²) in [7, 11) is -2.24. The lowest BCUT2D eigenvalue weighted by atomic mass is 10.3. The van der Waals surface area contributed by atoms with Gasteiger partial charge in [-0.3, -0.25) is 0 Å². The number of hydrogen-bond donors (Lipinski definition) is 2. The van der Waals surface area contributed by atoms with Gasteiger partial charge in [-0.15, -0.1) is 0 Å². The molecule has 5 heterocycles. The largest absolute Gasteiger partial charge is 0.546 e. The van der Waals surface area contributed by atoms with Gasteiger partial charge in [0.05, 0.1) is 21.5 Å². The minimum absolute atomic E-state index is 0.107. The van der Waals surface area contributed by atoms with Gasteiger partial charge >= 0.3 is 0 Å². The maximum atomic E-state index is 10.6. The number of likely N-dealkylation sites (N-methyl/N-ethyl adjacent to an activating group) is 1. The Morgan fingerprint density at radius 2 is 2.33 bits per heavy atom. The van der Waals surface area contributed by atoms with Gasteiger partial charge in [0.1, 0.15) is 18.6 Å². The highest BCUT2D eigenvalue weighted by Gasteiger charge is 2.66. The summed E-state index contributed by atoms with van der Waals surface area (Å²) in [5, 5.41) is 23.1. The van der Waals surface area contributed by atoms with Gasteiger partial charge in [-0.25, -0.2) is 0 Å². The molecule has 8 heteroatoms. The van der Waals surface area contributed by atoms with Crippen LogP contribution in [0.1, 0.15) is 5.17 Å². The monoisotopic (exact) mass is 349 g/mol. The highest BCUT2D eigenvalue weighted by atomic mass is 29.7. The number of aromatic hydroxyl groups is 1. The Labute approximate surface area is 128 Å². The molecule has 0 saturated carbocycles. The lowest BCUT2D eigenvalue weighted by Crippen LogP contribution is -2.79. The van der Waals surface area contributed by atoms with Gasteiger partial charge in [-0.1, -0.05) is 23.0 Å². The van der Waals surface area contributed by atoms with Crippen LogP contribution in [0.25, 0.3) is 0 Å². The normalized spacial score (nSPS) is 42.6. The van der Waals surface area contributed by atoms with Crippen molar-refractivity contribution in [1.29, 1.82) is 0 Å². The van der Waals surface area contributed by atoms with Crippen LogP contribution in [0.4, 0.5) is 0 Å². The molecule has 1 fully saturated rings. The molecule has 0 radical (unpaired) electrons. The van der Waals surface area contributed by atoms with Crippen LogP contribution in [0.5, 0.6) is 5.36 Å². The maximum Gasteiger partial charge on any atom is 0.274 e. The molecule has 1 unspecified atom stereocenters. The average molecular weight is 350 g/mol. The number of hydrogen-bond acceptors (Lipinski definition) is 4. The third kappa shape index (κ3) is 1.41. The van der Waals surface area contributed by atoms with E-state index in [1.54, 1.807) is 5.17 Å². The Hall–Kier alpha value is -0.392. The van der Waals surface area contributed by atoms with Crippen molar-refractivity contribution in [2.75, 3.05) is 13.6 Å². The standard InChI is InChI=1S/C13H19NO3Si4/c1-14-5-7-21-13-10(15)4-6-18(21)11(14)8-9-2-3-12(16)19(17-13)20(9)21/h2-4,6,10-11,13,15-16,18H,5,7-8H2,1H3/t10-,11-,13+,18?,21-/m0/s1. The lowest BCUT2D eigenvalue weighted by molar-refractivity contribution is 0.137. The van der Waals surface area contributed by atoms with Gasteiger partial charge in [0.15, 0.2) is 0 Å². The van der Waals surface area contributed by atoms with E-state index < -0.39 is 37.1 Å². The Balaban J connectivity index is 1.84. The SMILES string of the molecule is CN1CC[Si@@]23[C@H]4O[si]5c(O)ccc([si]52)C[C@@H]1[SiH]3C=C[C@@H]4O. The van der Waals surface area contributed by atoms with Crippen molar-refractivity contribution in [3.8, 4) is 5.36 Å². The molecule has 2 N–H and O–H groups in total. The molecular formula is C13H19NO3Si4. The van der Waals surface area contributed by atoms with E-state index >= 15 is 0 Å². The highest BCUT2D eigenvalue weighted by molar-refractivity contribution is 7.68. The molecule has 1 saturated heterocycles. The van der Waals surface area contributed by atoms with Crippen molar-refractivity contribution < 1.29 is 14.6 Å². The molecule has 4 aliphatic heterocycles. The van der Waals surface area contributed by atoms with E-state index in [9.17, 15) is 10.2 Å². The van der Waals surface area contributed by atoms with E-state index in [0.29, 0.717) is 5.36 Å². The first-order chi connectivity index (χ1) is 10.1. The van der Waals surface area contributed by atoms with Gasteiger partial charge in [0, 0.05) is 5.67 Å². The lowest BCUT2D eigenvalue weighted by Gasteiger charge is -2.54. The molecule has 21 heavy (non-hydrogen) atoms. The summed E-state index contributed by atoms with van der Waals surface area (Å²) in [4.78, 5) is 2.58. The molecule has 5 atom stereocenters. The van der Waals surface area contributed by atoms with Gasteiger partial charge in [0.25, 0.3) is 8.14 Å². The first-order valence-electron chi connectivity index (χ1n) is 7.71. The van der Waals surface area contributed by atoms with E-state index in [-0.39, 0.29) is 5.73 Å². The van der Waals surface area contributed by atoms with Crippen LogP contribution >= 0.6 is 0 Å². The van der Waals surface area contributed by atoms with Crippen molar-refractivity contribution in [2.24, 2.45) is 0 Å². The van der Waals surface area contributed by atoms with Crippen LogP contribution in [0, 0.1) is 0 Å². The van der Waals surface area contributed by atoms with Crippen molar-refractivity contribution >= 4 is 31.0 Å². The Morgan fingerprint density at radius 3 is 3.19 bits per heavy atom. The third-order valence-corrected chi connectivity index (χ3v) is 46.2. The molecular weight excluding hydrogens is 330 g/mol. The Morgan fingerprint density at radius 1 is 1.48 bits per heavy atom. The zero-order valence-electron chi connectivity index (χ0n) is 12.0. The fourth-order valence-electron chi connectivity index (χ4n) is 5.24. The second-order valence-electron chi connectivity index (χ2n) is 6.93. The van der Waals surface area contributed by atoms with E-state index in [1.807, 2.05) is 12.1 Å². The van der Waals surface area contributed by atoms with Crippen LogP contribution in [0.15, 0.2) is 23.9 Å². The minimum Gasteiger partial charge on any atom is -0.546 e. The fourth-order valence-corrected chi connectivity index (χ4v) is 58.6. The van der Waals surface area contributed by atoms with Crippen LogP contribution in [-0.4, -0.2) is 77.2 Å². The summed E-state index contributed by atoms with van der Waals surface area (Å²) in [5.74, 6) is 0. The molecule has 4 aliphatic rings. The summed E-state index contributed by atoms with van der Waals surface area (Å²) in [5.41, 5.74) is 3.30. The smallest absolute Gasteiger partial charge is 0.274 e. The minimum atomic E-state index is -1.57. The van der Waals surface area contributed by atoms with Gasteiger partial charge in [-0.2, -0.15) is 0 Å². The first-order valence-corrected chi connectivity index (χ1v) is 18.0.